The largest absolute Gasteiger partial charge is 0.395 e. The Labute approximate surface area is 124 Å². The minimum Gasteiger partial charge on any atom is -0.395 e. The first-order chi connectivity index (χ1) is 9.83. The number of amides is 1. The van der Waals surface area contributed by atoms with E-state index in [0.29, 0.717) is 6.42 Å². The lowest BCUT2D eigenvalue weighted by Crippen LogP contribution is -2.33. The summed E-state index contributed by atoms with van der Waals surface area (Å²) < 4.78 is 0. The Morgan fingerprint density at radius 2 is 1.95 bits per heavy atom. The van der Waals surface area contributed by atoms with Crippen molar-refractivity contribution in [3.05, 3.63) is 21.9 Å². The van der Waals surface area contributed by atoms with Crippen molar-refractivity contribution in [1.82, 2.24) is 4.90 Å². The van der Waals surface area contributed by atoms with E-state index < -0.39 is 0 Å². The Bertz CT molecular complexity index is 490. The summed E-state index contributed by atoms with van der Waals surface area (Å²) in [6, 6.07) is 1.90. The lowest BCUT2D eigenvalue weighted by molar-refractivity contribution is 0.0747. The van der Waals surface area contributed by atoms with Crippen molar-refractivity contribution >= 4 is 17.2 Å². The van der Waals surface area contributed by atoms with Gasteiger partial charge < -0.3 is 10.0 Å². The zero-order valence-electron chi connectivity index (χ0n) is 11.7. The normalized spacial score (nSPS) is 15.9. The number of nitrogens with zero attached hydrogens (tertiary/aromatic N) is 1. The number of thiophene rings is 1. The zero-order chi connectivity index (χ0) is 14.2. The van der Waals surface area contributed by atoms with Crippen LogP contribution in [0.1, 0.15) is 53.8 Å². The molecule has 1 aromatic rings. The molecule has 1 saturated heterocycles. The summed E-state index contributed by atoms with van der Waals surface area (Å²) in [5.41, 5.74) is 0.801. The molecule has 1 aromatic heterocycles. The molecular weight excluding hydrogens is 270 g/mol. The summed E-state index contributed by atoms with van der Waals surface area (Å²) in [7, 11) is 0. The van der Waals surface area contributed by atoms with Crippen molar-refractivity contribution < 1.29 is 9.90 Å². The highest BCUT2D eigenvalue weighted by molar-refractivity contribution is 7.12. The van der Waals surface area contributed by atoms with Crippen LogP contribution in [0, 0.1) is 11.8 Å². The second kappa shape index (κ2) is 8.08. The van der Waals surface area contributed by atoms with Crippen molar-refractivity contribution in [2.45, 2.75) is 38.5 Å². The van der Waals surface area contributed by atoms with E-state index in [9.17, 15) is 4.79 Å². The maximum Gasteiger partial charge on any atom is 0.265 e. The molecule has 1 N–H and O–H groups in total. The highest BCUT2D eigenvalue weighted by atomic mass is 32.1. The number of carbonyl (C=O) groups is 1. The third kappa shape index (κ3) is 4.09. The molecule has 0 bridgehead atoms. The molecular formula is C16H21NO2S. The molecule has 1 amide bonds. The van der Waals surface area contributed by atoms with Gasteiger partial charge in [-0.2, -0.15) is 0 Å². The fraction of sp³-hybridized carbons (Fsp3) is 0.562. The molecule has 20 heavy (non-hydrogen) atoms. The van der Waals surface area contributed by atoms with Crippen molar-refractivity contribution in [3.63, 3.8) is 0 Å². The Balaban J connectivity index is 2.08. The van der Waals surface area contributed by atoms with Gasteiger partial charge in [0.25, 0.3) is 5.91 Å². The van der Waals surface area contributed by atoms with Crippen LogP contribution in [0.5, 0.6) is 0 Å². The molecule has 0 aromatic carbocycles. The van der Waals surface area contributed by atoms with Gasteiger partial charge in [0, 0.05) is 25.1 Å². The van der Waals surface area contributed by atoms with Crippen LogP contribution in [-0.2, 0) is 0 Å². The number of rotatable bonds is 2. The SMILES string of the molecule is O=C(c1sccc1C#CCCO)N1CCCCCCC1. The molecule has 0 unspecified atom stereocenters. The molecule has 0 spiro atoms. The van der Waals surface area contributed by atoms with E-state index in [1.807, 2.05) is 16.3 Å². The van der Waals surface area contributed by atoms with Crippen LogP contribution in [0.4, 0.5) is 0 Å². The molecule has 1 aliphatic heterocycles. The predicted octanol–water partition coefficient (Wildman–Crippen LogP) is 2.89. The highest BCUT2D eigenvalue weighted by Gasteiger charge is 2.20. The molecule has 0 radical (unpaired) electrons. The number of aliphatic hydroxyl groups excluding tert-OH is 1. The zero-order valence-corrected chi connectivity index (χ0v) is 12.5. The molecule has 0 aliphatic carbocycles. The Hall–Kier alpha value is -1.31. The molecule has 108 valence electrons. The van der Waals surface area contributed by atoms with E-state index >= 15 is 0 Å². The number of hydrogen-bond donors (Lipinski definition) is 1. The minimum atomic E-state index is 0.0620. The summed E-state index contributed by atoms with van der Waals surface area (Å²) >= 11 is 1.47. The number of aliphatic hydroxyl groups is 1. The fourth-order valence-corrected chi connectivity index (χ4v) is 3.20. The van der Waals surface area contributed by atoms with Crippen LogP contribution >= 0.6 is 11.3 Å². The molecule has 2 heterocycles. The summed E-state index contributed by atoms with van der Waals surface area (Å²) in [4.78, 5) is 15.3. The van der Waals surface area contributed by atoms with E-state index in [1.165, 1.54) is 30.6 Å². The molecule has 0 saturated carbocycles. The van der Waals surface area contributed by atoms with Crippen LogP contribution in [-0.4, -0.2) is 35.6 Å². The van der Waals surface area contributed by atoms with Gasteiger partial charge in [-0.1, -0.05) is 31.1 Å². The van der Waals surface area contributed by atoms with Crippen LogP contribution in [0.3, 0.4) is 0 Å². The van der Waals surface area contributed by atoms with Gasteiger partial charge in [-0.05, 0) is 24.3 Å². The van der Waals surface area contributed by atoms with E-state index in [0.717, 1.165) is 36.4 Å². The summed E-state index contributed by atoms with van der Waals surface area (Å²) in [5.74, 6) is 6.01. The topological polar surface area (TPSA) is 40.5 Å². The molecule has 2 rings (SSSR count). The molecule has 4 heteroatoms. The third-order valence-electron chi connectivity index (χ3n) is 3.46. The Morgan fingerprint density at radius 3 is 2.65 bits per heavy atom. The van der Waals surface area contributed by atoms with Gasteiger partial charge in [0.05, 0.1) is 6.61 Å². The standard InChI is InChI=1S/C16H21NO2S/c18-12-7-4-8-14-9-13-20-15(14)16(19)17-10-5-2-1-3-6-11-17/h9,13,18H,1-3,5-7,10-12H2. The van der Waals surface area contributed by atoms with Crippen molar-refractivity contribution in [1.29, 1.82) is 0 Å². The van der Waals surface area contributed by atoms with Gasteiger partial charge in [0.1, 0.15) is 4.88 Å². The summed E-state index contributed by atoms with van der Waals surface area (Å²) in [5, 5.41) is 10.7. The monoisotopic (exact) mass is 291 g/mol. The second-order valence-electron chi connectivity index (χ2n) is 5.00. The van der Waals surface area contributed by atoms with E-state index in [1.54, 1.807) is 0 Å². The second-order valence-corrected chi connectivity index (χ2v) is 5.91. The van der Waals surface area contributed by atoms with Gasteiger partial charge in [-0.15, -0.1) is 11.3 Å². The van der Waals surface area contributed by atoms with Crippen LogP contribution in [0.25, 0.3) is 0 Å². The van der Waals surface area contributed by atoms with E-state index in [4.69, 9.17) is 5.11 Å². The van der Waals surface area contributed by atoms with E-state index in [-0.39, 0.29) is 12.5 Å². The van der Waals surface area contributed by atoms with Gasteiger partial charge in [-0.25, -0.2) is 0 Å². The quantitative estimate of drug-likeness (QED) is 0.851. The van der Waals surface area contributed by atoms with Crippen LogP contribution in [0.2, 0.25) is 0 Å². The number of likely N-dealkylation sites (tertiary alicyclic amines) is 1. The number of carbonyl (C=O) groups excluding carboxylic acids is 1. The first kappa shape index (κ1) is 15.1. The third-order valence-corrected chi connectivity index (χ3v) is 4.37. The van der Waals surface area contributed by atoms with Crippen molar-refractivity contribution in [3.8, 4) is 11.8 Å². The van der Waals surface area contributed by atoms with Gasteiger partial charge in [0.15, 0.2) is 0 Å². The lowest BCUT2D eigenvalue weighted by atomic mass is 10.1. The first-order valence-corrected chi connectivity index (χ1v) is 8.17. The molecule has 3 nitrogen and oxygen atoms in total. The molecule has 1 aliphatic rings. The van der Waals surface area contributed by atoms with Gasteiger partial charge in [-0.3, -0.25) is 4.79 Å². The van der Waals surface area contributed by atoms with Crippen molar-refractivity contribution in [2.75, 3.05) is 19.7 Å². The minimum absolute atomic E-state index is 0.0620. The van der Waals surface area contributed by atoms with Crippen molar-refractivity contribution in [2.24, 2.45) is 0 Å². The lowest BCUT2D eigenvalue weighted by Gasteiger charge is -2.24. The van der Waals surface area contributed by atoms with Gasteiger partial charge in [0.2, 0.25) is 0 Å². The number of hydrogen-bond acceptors (Lipinski definition) is 3. The average molecular weight is 291 g/mol. The summed E-state index contributed by atoms with van der Waals surface area (Å²) in [6.45, 7) is 1.78. The smallest absolute Gasteiger partial charge is 0.265 e. The Morgan fingerprint density at radius 1 is 1.25 bits per heavy atom. The average Bonchev–Trinajstić information content (AvgIpc) is 2.86. The van der Waals surface area contributed by atoms with E-state index in [2.05, 4.69) is 11.8 Å². The molecule has 1 fully saturated rings. The first-order valence-electron chi connectivity index (χ1n) is 7.29. The van der Waals surface area contributed by atoms with Gasteiger partial charge >= 0.3 is 0 Å². The maximum absolute atomic E-state index is 12.6. The molecule has 0 atom stereocenters. The van der Waals surface area contributed by atoms with Crippen LogP contribution in [0.15, 0.2) is 11.4 Å². The fourth-order valence-electron chi connectivity index (χ4n) is 2.38. The maximum atomic E-state index is 12.6. The Kier molecular flexibility index (Phi) is 6.10. The highest BCUT2D eigenvalue weighted by Crippen LogP contribution is 2.20. The summed E-state index contributed by atoms with van der Waals surface area (Å²) in [6.07, 6.45) is 6.38. The predicted molar refractivity (Wildman–Crippen MR) is 81.9 cm³/mol. The van der Waals surface area contributed by atoms with Crippen LogP contribution < -0.4 is 0 Å².